The Labute approximate surface area is 142 Å². The highest BCUT2D eigenvalue weighted by Gasteiger charge is 2.17. The molecule has 2 rings (SSSR count). The van der Waals surface area contributed by atoms with Gasteiger partial charge in [-0.05, 0) is 6.42 Å². The molecule has 0 fully saturated rings. The molecule has 2 heterocycles. The van der Waals surface area contributed by atoms with Crippen LogP contribution in [0.3, 0.4) is 0 Å². The molecular weight excluding hydrogens is 328 g/mol. The van der Waals surface area contributed by atoms with Gasteiger partial charge in [0.2, 0.25) is 0 Å². The zero-order chi connectivity index (χ0) is 16.8. The minimum atomic E-state index is 0.127. The molecular formula is C15H14N6S2. The van der Waals surface area contributed by atoms with Crippen LogP contribution in [0, 0.1) is 22.7 Å². The topological polar surface area (TPSA) is 125 Å². The van der Waals surface area contributed by atoms with Crippen LogP contribution in [0.5, 0.6) is 0 Å². The average Bonchev–Trinajstić information content (AvgIpc) is 2.96. The lowest BCUT2D eigenvalue weighted by Crippen LogP contribution is -2.03. The first-order valence-electron chi connectivity index (χ1n) is 6.73. The summed E-state index contributed by atoms with van der Waals surface area (Å²) in [6.07, 6.45) is 4.42. The molecule has 0 bridgehead atoms. The fourth-order valence-corrected chi connectivity index (χ4v) is 3.43. The maximum Gasteiger partial charge on any atom is 0.180 e. The summed E-state index contributed by atoms with van der Waals surface area (Å²) in [6.45, 7) is 1.97. The van der Waals surface area contributed by atoms with Gasteiger partial charge in [-0.15, -0.1) is 11.3 Å². The molecule has 2 aromatic rings. The van der Waals surface area contributed by atoms with Crippen LogP contribution in [0.25, 0.3) is 6.08 Å². The van der Waals surface area contributed by atoms with Crippen molar-refractivity contribution in [2.75, 3.05) is 11.5 Å². The van der Waals surface area contributed by atoms with Crippen molar-refractivity contribution < 1.29 is 0 Å². The lowest BCUT2D eigenvalue weighted by molar-refractivity contribution is 1.10. The largest absolute Gasteiger partial charge is 0.383 e. The molecule has 0 saturated heterocycles. The number of anilines is 2. The maximum absolute atomic E-state index is 9.49. The lowest BCUT2D eigenvalue weighted by atomic mass is 10.0. The van der Waals surface area contributed by atoms with Gasteiger partial charge in [-0.25, -0.2) is 9.97 Å². The minimum absolute atomic E-state index is 0.127. The number of hydrogen-bond donors (Lipinski definition) is 2. The first-order valence-corrected chi connectivity index (χ1v) is 8.60. The van der Waals surface area contributed by atoms with Crippen molar-refractivity contribution in [1.29, 1.82) is 10.5 Å². The summed E-state index contributed by atoms with van der Waals surface area (Å²) in [5, 5.41) is 21.6. The van der Waals surface area contributed by atoms with Gasteiger partial charge >= 0.3 is 0 Å². The Kier molecular flexibility index (Phi) is 5.58. The molecule has 0 aliphatic rings. The molecule has 0 aliphatic heterocycles. The maximum atomic E-state index is 9.49. The third kappa shape index (κ3) is 3.81. The summed E-state index contributed by atoms with van der Waals surface area (Å²) in [5.74, 6) is 0.653. The Bertz CT molecular complexity index is 826. The molecule has 0 saturated carbocycles. The summed E-state index contributed by atoms with van der Waals surface area (Å²) in [5.41, 5.74) is 13.4. The van der Waals surface area contributed by atoms with Crippen LogP contribution in [0.1, 0.15) is 35.7 Å². The van der Waals surface area contributed by atoms with Crippen LogP contribution in [0.15, 0.2) is 16.5 Å². The van der Waals surface area contributed by atoms with Crippen LogP contribution in [0.2, 0.25) is 0 Å². The highest BCUT2D eigenvalue weighted by molar-refractivity contribution is 7.98. The summed E-state index contributed by atoms with van der Waals surface area (Å²) >= 11 is 2.71. The van der Waals surface area contributed by atoms with Crippen molar-refractivity contribution in [3.8, 4) is 12.1 Å². The van der Waals surface area contributed by atoms with E-state index in [2.05, 4.69) is 16.0 Å². The van der Waals surface area contributed by atoms with E-state index in [0.717, 1.165) is 12.1 Å². The van der Waals surface area contributed by atoms with Crippen molar-refractivity contribution in [1.82, 2.24) is 9.97 Å². The van der Waals surface area contributed by atoms with Crippen LogP contribution in [0.4, 0.5) is 10.9 Å². The third-order valence-corrected chi connectivity index (χ3v) is 4.63. The van der Waals surface area contributed by atoms with E-state index in [1.165, 1.54) is 23.1 Å². The number of nitriles is 2. The predicted molar refractivity (Wildman–Crippen MR) is 93.5 cm³/mol. The van der Waals surface area contributed by atoms with Crippen molar-refractivity contribution in [2.24, 2.45) is 0 Å². The number of thiazole rings is 1. The number of thioether (sulfide) groups is 1. The number of hydrogen-bond acceptors (Lipinski definition) is 8. The molecule has 116 valence electrons. The van der Waals surface area contributed by atoms with E-state index >= 15 is 0 Å². The zero-order valence-electron chi connectivity index (χ0n) is 12.4. The second kappa shape index (κ2) is 7.63. The summed E-state index contributed by atoms with van der Waals surface area (Å²) in [4.78, 5) is 8.39. The summed E-state index contributed by atoms with van der Waals surface area (Å²) in [6, 6.07) is 4.16. The van der Waals surface area contributed by atoms with E-state index in [1.54, 1.807) is 6.08 Å². The third-order valence-electron chi connectivity index (χ3n) is 2.90. The lowest BCUT2D eigenvalue weighted by Gasteiger charge is -2.09. The molecule has 0 spiro atoms. The molecule has 0 radical (unpaired) electrons. The van der Waals surface area contributed by atoms with Gasteiger partial charge in [0.1, 0.15) is 28.5 Å². The molecule has 2 aromatic heterocycles. The SMILES string of the molecule is CC/C=C/c1c(C#N)c(N)nc(SCc2csc(N)n2)c1C#N. The first kappa shape index (κ1) is 16.8. The Balaban J connectivity index is 2.43. The number of pyridine rings is 1. The second-order valence-electron chi connectivity index (χ2n) is 4.47. The molecule has 0 unspecified atom stereocenters. The number of aromatic nitrogens is 2. The molecule has 0 aliphatic carbocycles. The Hall–Kier alpha value is -2.55. The number of nitrogens with two attached hydrogens (primary N) is 2. The van der Waals surface area contributed by atoms with Crippen LogP contribution >= 0.6 is 23.1 Å². The van der Waals surface area contributed by atoms with Gasteiger partial charge in [0.05, 0.1) is 11.3 Å². The van der Waals surface area contributed by atoms with Crippen molar-refractivity contribution in [3.05, 3.63) is 33.8 Å². The van der Waals surface area contributed by atoms with E-state index in [0.29, 0.717) is 27.0 Å². The monoisotopic (exact) mass is 342 g/mol. The number of rotatable bonds is 5. The van der Waals surface area contributed by atoms with Crippen LogP contribution in [-0.2, 0) is 5.75 Å². The average molecular weight is 342 g/mol. The molecule has 6 nitrogen and oxygen atoms in total. The van der Waals surface area contributed by atoms with E-state index < -0.39 is 0 Å². The smallest absolute Gasteiger partial charge is 0.180 e. The summed E-state index contributed by atoms with van der Waals surface area (Å²) < 4.78 is 0. The normalized spacial score (nSPS) is 10.6. The Morgan fingerprint density at radius 2 is 2.00 bits per heavy atom. The Morgan fingerprint density at radius 3 is 2.57 bits per heavy atom. The van der Waals surface area contributed by atoms with Gasteiger partial charge in [0.25, 0.3) is 0 Å². The minimum Gasteiger partial charge on any atom is -0.383 e. The van der Waals surface area contributed by atoms with E-state index in [9.17, 15) is 10.5 Å². The fraction of sp³-hybridized carbons (Fsp3) is 0.200. The van der Waals surface area contributed by atoms with Gasteiger partial charge in [0, 0.05) is 16.7 Å². The first-order chi connectivity index (χ1) is 11.1. The quantitative estimate of drug-likeness (QED) is 0.799. The highest BCUT2D eigenvalue weighted by atomic mass is 32.2. The van der Waals surface area contributed by atoms with Crippen molar-refractivity contribution in [3.63, 3.8) is 0 Å². The standard InChI is InChI=1S/C15H14N6S2/c1-2-3-4-10-11(5-16)13(18)21-14(12(10)6-17)22-7-9-8-23-15(19)20-9/h3-4,8H,2,7H2,1H3,(H2,18,21)(H2,19,20)/b4-3+. The molecule has 0 amide bonds. The number of nitrogens with zero attached hydrogens (tertiary/aromatic N) is 4. The number of allylic oxidation sites excluding steroid dienone is 1. The van der Waals surface area contributed by atoms with E-state index in [1.807, 2.05) is 24.4 Å². The Morgan fingerprint density at radius 1 is 1.26 bits per heavy atom. The molecule has 4 N–H and O–H groups in total. The number of nitrogen functional groups attached to an aromatic ring is 2. The fourth-order valence-electron chi connectivity index (χ4n) is 1.86. The second-order valence-corrected chi connectivity index (χ2v) is 6.32. The van der Waals surface area contributed by atoms with Gasteiger partial charge in [-0.1, -0.05) is 30.8 Å². The summed E-state index contributed by atoms with van der Waals surface area (Å²) in [7, 11) is 0. The molecule has 23 heavy (non-hydrogen) atoms. The van der Waals surface area contributed by atoms with Gasteiger partial charge in [-0.2, -0.15) is 10.5 Å². The van der Waals surface area contributed by atoms with Crippen LogP contribution < -0.4 is 11.5 Å². The van der Waals surface area contributed by atoms with Crippen molar-refractivity contribution >= 4 is 40.1 Å². The van der Waals surface area contributed by atoms with Gasteiger partial charge < -0.3 is 11.5 Å². The van der Waals surface area contributed by atoms with Crippen LogP contribution in [-0.4, -0.2) is 9.97 Å². The highest BCUT2D eigenvalue weighted by Crippen LogP contribution is 2.31. The van der Waals surface area contributed by atoms with E-state index in [4.69, 9.17) is 11.5 Å². The molecule has 0 aromatic carbocycles. The molecule has 8 heteroatoms. The zero-order valence-corrected chi connectivity index (χ0v) is 14.0. The van der Waals surface area contributed by atoms with Gasteiger partial charge in [0.15, 0.2) is 5.13 Å². The van der Waals surface area contributed by atoms with E-state index in [-0.39, 0.29) is 11.4 Å². The molecule has 0 atom stereocenters. The predicted octanol–water partition coefficient (Wildman–Crippen LogP) is 3.16. The van der Waals surface area contributed by atoms with Crippen molar-refractivity contribution in [2.45, 2.75) is 24.1 Å². The van der Waals surface area contributed by atoms with Gasteiger partial charge in [-0.3, -0.25) is 0 Å².